The molecule has 7 heteroatoms. The van der Waals surface area contributed by atoms with Crippen LogP contribution >= 0.6 is 23.4 Å². The molecule has 3 rings (SSSR count). The number of fused-ring (bicyclic) bond motifs is 1. The average molecular weight is 264 g/mol. The van der Waals surface area contributed by atoms with Crippen molar-refractivity contribution in [1.29, 1.82) is 0 Å². The Morgan fingerprint density at radius 1 is 1.18 bits per heavy atom. The Hall–Kier alpha value is -1.66. The molecule has 3 aromatic rings. The highest BCUT2D eigenvalue weighted by atomic mass is 35.5. The van der Waals surface area contributed by atoms with E-state index in [9.17, 15) is 0 Å². The van der Waals surface area contributed by atoms with Gasteiger partial charge in [-0.15, -0.1) is 0 Å². The predicted molar refractivity (Wildman–Crippen MR) is 65.1 cm³/mol. The van der Waals surface area contributed by atoms with Crippen LogP contribution in [0.15, 0.2) is 40.9 Å². The Morgan fingerprint density at radius 3 is 3.00 bits per heavy atom. The smallest absolute Gasteiger partial charge is 0.181 e. The molecule has 0 radical (unpaired) electrons. The zero-order valence-electron chi connectivity index (χ0n) is 8.46. The van der Waals surface area contributed by atoms with E-state index in [1.165, 1.54) is 18.1 Å². The van der Waals surface area contributed by atoms with Crippen molar-refractivity contribution in [3.8, 4) is 0 Å². The molecular formula is C10H6ClN5S. The van der Waals surface area contributed by atoms with E-state index >= 15 is 0 Å². The molecule has 84 valence electrons. The largest absolute Gasteiger partial charge is 0.341 e. The Balaban J connectivity index is 2.02. The molecule has 0 amide bonds. The molecule has 5 nitrogen and oxygen atoms in total. The van der Waals surface area contributed by atoms with Crippen LogP contribution in [-0.4, -0.2) is 24.9 Å². The van der Waals surface area contributed by atoms with Crippen LogP contribution in [0.2, 0.25) is 5.15 Å². The molecule has 0 spiro atoms. The summed E-state index contributed by atoms with van der Waals surface area (Å²) in [6, 6.07) is 3.66. The molecule has 0 aliphatic carbocycles. The lowest BCUT2D eigenvalue weighted by Crippen LogP contribution is -1.86. The second-order valence-corrected chi connectivity index (χ2v) is 4.65. The van der Waals surface area contributed by atoms with Crippen LogP contribution in [-0.2, 0) is 0 Å². The fraction of sp³-hybridized carbons (Fsp3) is 0. The summed E-state index contributed by atoms with van der Waals surface area (Å²) in [6.07, 6.45) is 4.76. The molecule has 3 aromatic heterocycles. The summed E-state index contributed by atoms with van der Waals surface area (Å²) in [5, 5.41) is 1.28. The van der Waals surface area contributed by atoms with Crippen molar-refractivity contribution in [2.24, 2.45) is 0 Å². The minimum Gasteiger partial charge on any atom is -0.341 e. The van der Waals surface area contributed by atoms with Crippen molar-refractivity contribution < 1.29 is 0 Å². The van der Waals surface area contributed by atoms with Crippen LogP contribution in [0.4, 0.5) is 0 Å². The first-order valence-corrected chi connectivity index (χ1v) is 5.96. The van der Waals surface area contributed by atoms with Gasteiger partial charge in [-0.2, -0.15) is 0 Å². The van der Waals surface area contributed by atoms with Crippen LogP contribution < -0.4 is 0 Å². The number of aromatic nitrogens is 5. The first-order valence-electron chi connectivity index (χ1n) is 4.76. The molecule has 0 atom stereocenters. The van der Waals surface area contributed by atoms with Crippen LogP contribution in [0.1, 0.15) is 0 Å². The number of aromatic amines is 1. The van der Waals surface area contributed by atoms with Crippen molar-refractivity contribution in [3.05, 3.63) is 36.1 Å². The van der Waals surface area contributed by atoms with Crippen molar-refractivity contribution in [1.82, 2.24) is 24.9 Å². The molecular weight excluding hydrogens is 258 g/mol. The minimum absolute atomic E-state index is 0.463. The molecule has 1 N–H and O–H groups in total. The maximum Gasteiger partial charge on any atom is 0.181 e. The van der Waals surface area contributed by atoms with Gasteiger partial charge >= 0.3 is 0 Å². The lowest BCUT2D eigenvalue weighted by molar-refractivity contribution is 1.08. The Bertz CT molecular complexity index is 668. The summed E-state index contributed by atoms with van der Waals surface area (Å²) >= 11 is 7.32. The maximum absolute atomic E-state index is 5.83. The van der Waals surface area contributed by atoms with Crippen LogP contribution in [0.25, 0.3) is 11.2 Å². The second kappa shape index (κ2) is 4.31. The van der Waals surface area contributed by atoms with E-state index in [1.54, 1.807) is 18.6 Å². The number of imidazole rings is 1. The van der Waals surface area contributed by atoms with Gasteiger partial charge in [0.1, 0.15) is 22.0 Å². The Morgan fingerprint density at radius 2 is 2.12 bits per heavy atom. The second-order valence-electron chi connectivity index (χ2n) is 3.20. The van der Waals surface area contributed by atoms with Gasteiger partial charge in [-0.3, -0.25) is 0 Å². The number of rotatable bonds is 2. The number of pyridine rings is 1. The third kappa shape index (κ3) is 2.09. The highest BCUT2D eigenvalue weighted by Gasteiger charge is 2.07. The number of halogens is 1. The molecule has 0 saturated carbocycles. The van der Waals surface area contributed by atoms with E-state index in [0.717, 1.165) is 15.4 Å². The van der Waals surface area contributed by atoms with Gasteiger partial charge in [-0.1, -0.05) is 23.4 Å². The summed E-state index contributed by atoms with van der Waals surface area (Å²) in [6.45, 7) is 0. The topological polar surface area (TPSA) is 67.3 Å². The van der Waals surface area contributed by atoms with E-state index in [-0.39, 0.29) is 0 Å². The monoisotopic (exact) mass is 263 g/mol. The van der Waals surface area contributed by atoms with Gasteiger partial charge in [0, 0.05) is 11.1 Å². The zero-order chi connectivity index (χ0) is 11.7. The van der Waals surface area contributed by atoms with E-state index in [4.69, 9.17) is 11.6 Å². The molecule has 0 saturated heterocycles. The molecule has 0 aromatic carbocycles. The van der Waals surface area contributed by atoms with E-state index in [1.807, 2.05) is 6.07 Å². The molecule has 0 aliphatic rings. The number of hydrogen-bond acceptors (Lipinski definition) is 5. The Kier molecular flexibility index (Phi) is 2.66. The van der Waals surface area contributed by atoms with E-state index in [2.05, 4.69) is 24.9 Å². The fourth-order valence-electron chi connectivity index (χ4n) is 1.38. The lowest BCUT2D eigenvalue weighted by Gasteiger charge is -2.01. The van der Waals surface area contributed by atoms with Crippen molar-refractivity contribution in [2.45, 2.75) is 9.92 Å². The number of nitrogens with one attached hydrogen (secondary N) is 1. The highest BCUT2D eigenvalue weighted by Crippen LogP contribution is 2.30. The van der Waals surface area contributed by atoms with Gasteiger partial charge in [0.05, 0.1) is 6.33 Å². The molecule has 3 heterocycles. The molecule has 0 unspecified atom stereocenters. The Labute approximate surface area is 106 Å². The molecule has 0 bridgehead atoms. The summed E-state index contributed by atoms with van der Waals surface area (Å²) in [5.74, 6) is 0. The van der Waals surface area contributed by atoms with Crippen LogP contribution in [0.5, 0.6) is 0 Å². The first kappa shape index (κ1) is 10.5. The molecule has 17 heavy (non-hydrogen) atoms. The predicted octanol–water partition coefficient (Wildman–Crippen LogP) is 2.55. The third-order valence-corrected chi connectivity index (χ3v) is 3.30. The maximum atomic E-state index is 5.83. The van der Waals surface area contributed by atoms with Gasteiger partial charge in [-0.05, 0) is 12.1 Å². The van der Waals surface area contributed by atoms with Gasteiger partial charge in [0.15, 0.2) is 5.65 Å². The van der Waals surface area contributed by atoms with Gasteiger partial charge < -0.3 is 4.98 Å². The zero-order valence-corrected chi connectivity index (χ0v) is 10.0. The van der Waals surface area contributed by atoms with Crippen molar-refractivity contribution >= 4 is 34.5 Å². The molecule has 0 fully saturated rings. The van der Waals surface area contributed by atoms with E-state index in [0.29, 0.717) is 10.8 Å². The summed E-state index contributed by atoms with van der Waals surface area (Å²) in [5.41, 5.74) is 1.48. The third-order valence-electron chi connectivity index (χ3n) is 2.10. The quantitative estimate of drug-likeness (QED) is 0.568. The van der Waals surface area contributed by atoms with E-state index < -0.39 is 0 Å². The standard InChI is InChI=1S/C10H6ClN5S/c11-7-3-6(1-2-12-7)17-10-8-9(14-4-13-8)15-5-16-10/h1-5H,(H,13,14,15,16). The SMILES string of the molecule is Clc1cc(Sc2ncnc3nc[nH]c23)ccn1. The summed E-state index contributed by atoms with van der Waals surface area (Å²) in [4.78, 5) is 20.3. The van der Waals surface area contributed by atoms with Crippen molar-refractivity contribution in [3.63, 3.8) is 0 Å². The van der Waals surface area contributed by atoms with Gasteiger partial charge in [-0.25, -0.2) is 19.9 Å². The lowest BCUT2D eigenvalue weighted by atomic mass is 10.5. The number of nitrogens with zero attached hydrogens (tertiary/aromatic N) is 4. The summed E-state index contributed by atoms with van der Waals surface area (Å²) < 4.78 is 0. The van der Waals surface area contributed by atoms with Crippen LogP contribution in [0.3, 0.4) is 0 Å². The highest BCUT2D eigenvalue weighted by molar-refractivity contribution is 7.99. The van der Waals surface area contributed by atoms with Crippen LogP contribution in [0, 0.1) is 0 Å². The average Bonchev–Trinajstić information content (AvgIpc) is 2.78. The minimum atomic E-state index is 0.463. The van der Waals surface area contributed by atoms with Gasteiger partial charge in [0.2, 0.25) is 0 Å². The molecule has 0 aliphatic heterocycles. The number of H-pyrrole nitrogens is 1. The summed E-state index contributed by atoms with van der Waals surface area (Å²) in [7, 11) is 0. The number of hydrogen-bond donors (Lipinski definition) is 1. The normalized spacial score (nSPS) is 10.9. The fourth-order valence-corrected chi connectivity index (χ4v) is 2.49. The van der Waals surface area contributed by atoms with Gasteiger partial charge in [0.25, 0.3) is 0 Å². The first-order chi connectivity index (χ1) is 8.33. The van der Waals surface area contributed by atoms with Crippen molar-refractivity contribution in [2.75, 3.05) is 0 Å².